The van der Waals surface area contributed by atoms with Gasteiger partial charge in [-0.05, 0) is 67.3 Å². The monoisotopic (exact) mass is 388 g/mol. The molecule has 0 aliphatic heterocycles. The molecule has 0 spiro atoms. The van der Waals surface area contributed by atoms with Gasteiger partial charge in [-0.15, -0.1) is 0 Å². The minimum absolute atomic E-state index is 0.194. The summed E-state index contributed by atoms with van der Waals surface area (Å²) in [7, 11) is 0. The van der Waals surface area contributed by atoms with Gasteiger partial charge in [0, 0.05) is 17.2 Å². The lowest BCUT2D eigenvalue weighted by Crippen LogP contribution is -2.38. The first kappa shape index (κ1) is 19.5. The Balaban J connectivity index is 1.59. The van der Waals surface area contributed by atoms with Gasteiger partial charge in [0.1, 0.15) is 17.7 Å². The van der Waals surface area contributed by atoms with Crippen molar-refractivity contribution >= 4 is 23.5 Å². The van der Waals surface area contributed by atoms with Crippen LogP contribution < -0.4 is 10.6 Å². The molecule has 28 heavy (non-hydrogen) atoms. The van der Waals surface area contributed by atoms with Crippen LogP contribution in [0.15, 0.2) is 42.5 Å². The highest BCUT2D eigenvalue weighted by molar-refractivity contribution is 5.98. The molecule has 8 heteroatoms. The summed E-state index contributed by atoms with van der Waals surface area (Å²) >= 11 is 0. The predicted molar refractivity (Wildman–Crippen MR) is 96.8 cm³/mol. The molecule has 146 valence electrons. The van der Waals surface area contributed by atoms with E-state index in [-0.39, 0.29) is 23.0 Å². The van der Waals surface area contributed by atoms with E-state index in [4.69, 9.17) is 5.11 Å². The molecule has 3 unspecified atom stereocenters. The van der Waals surface area contributed by atoms with Gasteiger partial charge >= 0.3 is 5.97 Å². The second kappa shape index (κ2) is 7.75. The lowest BCUT2D eigenvalue weighted by atomic mass is 10.1. The van der Waals surface area contributed by atoms with Crippen molar-refractivity contribution in [3.63, 3.8) is 0 Å². The quantitative estimate of drug-likeness (QED) is 0.709. The number of rotatable bonds is 6. The van der Waals surface area contributed by atoms with Crippen molar-refractivity contribution in [1.29, 1.82) is 0 Å². The molecule has 2 aromatic carbocycles. The summed E-state index contributed by atoms with van der Waals surface area (Å²) in [6.07, 6.45) is 0.430. The second-order valence-corrected chi connectivity index (χ2v) is 6.71. The van der Waals surface area contributed by atoms with Crippen molar-refractivity contribution in [2.24, 2.45) is 5.92 Å². The molecule has 2 amide bonds. The van der Waals surface area contributed by atoms with E-state index in [1.54, 1.807) is 0 Å². The topological polar surface area (TPSA) is 95.5 Å². The molecular weight excluding hydrogens is 370 g/mol. The molecule has 1 fully saturated rings. The Kier molecular flexibility index (Phi) is 5.39. The molecular formula is C20H18F2N2O4. The first-order chi connectivity index (χ1) is 13.3. The Morgan fingerprint density at radius 1 is 1.11 bits per heavy atom. The van der Waals surface area contributed by atoms with Crippen LogP contribution in [0.2, 0.25) is 0 Å². The van der Waals surface area contributed by atoms with Crippen LogP contribution in [0.4, 0.5) is 14.5 Å². The van der Waals surface area contributed by atoms with Crippen LogP contribution in [0.3, 0.4) is 0 Å². The van der Waals surface area contributed by atoms with Crippen molar-refractivity contribution in [3.05, 3.63) is 65.2 Å². The van der Waals surface area contributed by atoms with Gasteiger partial charge in [0.05, 0.1) is 0 Å². The van der Waals surface area contributed by atoms with Crippen molar-refractivity contribution in [1.82, 2.24) is 5.32 Å². The Labute approximate surface area is 159 Å². The predicted octanol–water partition coefficient (Wildman–Crippen LogP) is 2.91. The van der Waals surface area contributed by atoms with Gasteiger partial charge in [-0.1, -0.05) is 0 Å². The van der Waals surface area contributed by atoms with Crippen LogP contribution in [-0.4, -0.2) is 28.9 Å². The zero-order chi connectivity index (χ0) is 20.4. The number of halogens is 2. The number of amides is 2. The number of carbonyl (C=O) groups is 3. The van der Waals surface area contributed by atoms with Crippen molar-refractivity contribution in [3.8, 4) is 0 Å². The maximum Gasteiger partial charge on any atom is 0.325 e. The molecule has 2 aromatic rings. The number of carboxylic acids is 1. The molecule has 1 saturated carbocycles. The van der Waals surface area contributed by atoms with Crippen LogP contribution in [0.1, 0.15) is 35.2 Å². The van der Waals surface area contributed by atoms with Gasteiger partial charge in [0.15, 0.2) is 0 Å². The third-order valence-corrected chi connectivity index (χ3v) is 4.62. The first-order valence-corrected chi connectivity index (χ1v) is 8.66. The van der Waals surface area contributed by atoms with E-state index < -0.39 is 35.5 Å². The molecule has 3 atom stereocenters. The molecule has 0 radical (unpaired) electrons. The van der Waals surface area contributed by atoms with Gasteiger partial charge in [-0.3, -0.25) is 14.4 Å². The minimum Gasteiger partial charge on any atom is -0.480 e. The van der Waals surface area contributed by atoms with E-state index in [1.807, 2.05) is 0 Å². The summed E-state index contributed by atoms with van der Waals surface area (Å²) in [5.41, 5.74) is 0.884. The molecule has 1 aliphatic carbocycles. The molecule has 3 N–H and O–H groups in total. The van der Waals surface area contributed by atoms with Crippen LogP contribution in [0.25, 0.3) is 0 Å². The number of hydrogen-bond donors (Lipinski definition) is 3. The molecule has 0 bridgehead atoms. The zero-order valence-corrected chi connectivity index (χ0v) is 14.9. The minimum atomic E-state index is -1.15. The number of nitrogens with one attached hydrogen (secondary N) is 2. The first-order valence-electron chi connectivity index (χ1n) is 8.66. The van der Waals surface area contributed by atoms with Gasteiger partial charge in [0.25, 0.3) is 5.91 Å². The van der Waals surface area contributed by atoms with E-state index in [9.17, 15) is 23.2 Å². The van der Waals surface area contributed by atoms with Gasteiger partial charge in [0.2, 0.25) is 5.91 Å². The number of anilines is 1. The fraction of sp³-hybridized carbons (Fsp3) is 0.250. The summed E-state index contributed by atoms with van der Waals surface area (Å²) in [5, 5.41) is 13.8. The maximum absolute atomic E-state index is 13.8. The average molecular weight is 388 g/mol. The van der Waals surface area contributed by atoms with Crippen molar-refractivity contribution < 1.29 is 28.3 Å². The zero-order valence-electron chi connectivity index (χ0n) is 14.9. The number of benzene rings is 2. The van der Waals surface area contributed by atoms with Crippen LogP contribution >= 0.6 is 0 Å². The Bertz CT molecular complexity index is 930. The Hall–Kier alpha value is -3.29. The summed E-state index contributed by atoms with van der Waals surface area (Å²) in [6.45, 7) is 1.35. The molecule has 6 nitrogen and oxygen atoms in total. The fourth-order valence-electron chi connectivity index (χ4n) is 2.91. The maximum atomic E-state index is 13.8. The third-order valence-electron chi connectivity index (χ3n) is 4.62. The summed E-state index contributed by atoms with van der Waals surface area (Å²) in [4.78, 5) is 35.0. The van der Waals surface area contributed by atoms with Crippen LogP contribution in [-0.2, 0) is 9.59 Å². The Morgan fingerprint density at radius 2 is 1.79 bits per heavy atom. The SMILES string of the molecule is CC(NC(=O)c1ccc(NC(=O)C2CC2c2cc(F)ccc2F)cc1)C(=O)O. The van der Waals surface area contributed by atoms with Gasteiger partial charge < -0.3 is 15.7 Å². The standard InChI is InChI=1S/C20H18F2N2O4/c1-10(20(27)28)23-18(25)11-2-5-13(6-3-11)24-19(26)16-9-14(16)15-8-12(21)4-7-17(15)22/h2-8,10,14,16H,9H2,1H3,(H,23,25)(H,24,26)(H,27,28). The smallest absolute Gasteiger partial charge is 0.325 e. The lowest BCUT2D eigenvalue weighted by Gasteiger charge is -2.10. The fourth-order valence-corrected chi connectivity index (χ4v) is 2.91. The highest BCUT2D eigenvalue weighted by Crippen LogP contribution is 2.48. The van der Waals surface area contributed by atoms with E-state index in [0.29, 0.717) is 12.1 Å². The summed E-state index contributed by atoms with van der Waals surface area (Å²) < 4.78 is 27.1. The average Bonchev–Trinajstić information content (AvgIpc) is 3.45. The highest BCUT2D eigenvalue weighted by Gasteiger charge is 2.45. The summed E-state index contributed by atoms with van der Waals surface area (Å²) in [6, 6.07) is 8.10. The Morgan fingerprint density at radius 3 is 2.43 bits per heavy atom. The second-order valence-electron chi connectivity index (χ2n) is 6.71. The molecule has 0 aromatic heterocycles. The number of carboxylic acid groups (broad SMARTS) is 1. The van der Waals surface area contributed by atoms with E-state index in [1.165, 1.54) is 31.2 Å². The van der Waals surface area contributed by atoms with E-state index in [2.05, 4.69) is 10.6 Å². The number of hydrogen-bond acceptors (Lipinski definition) is 3. The molecule has 0 saturated heterocycles. The lowest BCUT2D eigenvalue weighted by molar-refractivity contribution is -0.138. The number of aliphatic carboxylic acids is 1. The van der Waals surface area contributed by atoms with Crippen LogP contribution in [0.5, 0.6) is 0 Å². The molecule has 3 rings (SSSR count). The van der Waals surface area contributed by atoms with Crippen LogP contribution in [0, 0.1) is 17.6 Å². The van der Waals surface area contributed by atoms with Crippen molar-refractivity contribution in [2.45, 2.75) is 25.3 Å². The van der Waals surface area contributed by atoms with E-state index in [0.717, 1.165) is 18.2 Å². The number of carbonyl (C=O) groups excluding carboxylic acids is 2. The van der Waals surface area contributed by atoms with Gasteiger partial charge in [-0.2, -0.15) is 0 Å². The van der Waals surface area contributed by atoms with Gasteiger partial charge in [-0.25, -0.2) is 8.78 Å². The molecule has 1 aliphatic rings. The largest absolute Gasteiger partial charge is 0.480 e. The molecule has 0 heterocycles. The summed E-state index contributed by atoms with van der Waals surface area (Å²) in [5.74, 6) is -3.90. The third kappa shape index (κ3) is 4.33. The normalized spacial score (nSPS) is 18.8. The highest BCUT2D eigenvalue weighted by atomic mass is 19.1. The van der Waals surface area contributed by atoms with Crippen molar-refractivity contribution in [2.75, 3.05) is 5.32 Å². The van der Waals surface area contributed by atoms with E-state index >= 15 is 0 Å².